The molecule has 1 aromatic carbocycles. The van der Waals surface area contributed by atoms with E-state index < -0.39 is 5.97 Å². The van der Waals surface area contributed by atoms with Gasteiger partial charge >= 0.3 is 5.97 Å². The first-order chi connectivity index (χ1) is 9.38. The third-order valence-electron chi connectivity index (χ3n) is 2.81. The summed E-state index contributed by atoms with van der Waals surface area (Å²) in [6, 6.07) is 6.93. The number of halogens is 1. The molecule has 2 rings (SSSR count). The maximum absolute atomic E-state index is 11.3. The normalized spacial score (nSPS) is 10.4. The summed E-state index contributed by atoms with van der Waals surface area (Å²) >= 11 is 6.07. The monoisotopic (exact) mass is 291 g/mol. The van der Waals surface area contributed by atoms with Gasteiger partial charge in [0.15, 0.2) is 0 Å². The zero-order chi connectivity index (χ0) is 14.9. The Balaban J connectivity index is 2.53. The van der Waals surface area contributed by atoms with Gasteiger partial charge < -0.3 is 9.84 Å². The van der Waals surface area contributed by atoms with Crippen LogP contribution < -0.4 is 4.74 Å². The largest absolute Gasteiger partial charge is 0.477 e. The molecule has 1 aromatic heterocycles. The number of carboxylic acid groups (broad SMARTS) is 1. The molecule has 20 heavy (non-hydrogen) atoms. The molecule has 1 N–H and O–H groups in total. The molecule has 0 unspecified atom stereocenters. The number of aromatic carboxylic acids is 1. The summed E-state index contributed by atoms with van der Waals surface area (Å²) in [7, 11) is 0. The van der Waals surface area contributed by atoms with E-state index in [2.05, 4.69) is 4.98 Å². The molecule has 0 saturated heterocycles. The molecular formula is C15H14ClNO3. The van der Waals surface area contributed by atoms with Gasteiger partial charge in [-0.3, -0.25) is 4.98 Å². The number of ether oxygens (including phenoxy) is 1. The van der Waals surface area contributed by atoms with Crippen LogP contribution in [-0.4, -0.2) is 16.1 Å². The van der Waals surface area contributed by atoms with E-state index in [1.54, 1.807) is 32.0 Å². The van der Waals surface area contributed by atoms with Gasteiger partial charge in [-0.1, -0.05) is 17.7 Å². The van der Waals surface area contributed by atoms with Gasteiger partial charge in [0.05, 0.1) is 10.7 Å². The van der Waals surface area contributed by atoms with E-state index in [4.69, 9.17) is 16.3 Å². The van der Waals surface area contributed by atoms with Crippen molar-refractivity contribution in [3.05, 3.63) is 51.8 Å². The number of hydrogen-bond donors (Lipinski definition) is 1. The lowest BCUT2D eigenvalue weighted by molar-refractivity contribution is 0.0693. The third kappa shape index (κ3) is 2.91. The van der Waals surface area contributed by atoms with E-state index >= 15 is 0 Å². The van der Waals surface area contributed by atoms with Gasteiger partial charge in [0.25, 0.3) is 0 Å². The van der Waals surface area contributed by atoms with E-state index in [-0.39, 0.29) is 11.3 Å². The molecule has 0 radical (unpaired) electrons. The lowest BCUT2D eigenvalue weighted by Crippen LogP contribution is -2.06. The second-order valence-electron chi connectivity index (χ2n) is 4.56. The molecule has 0 aliphatic heterocycles. The quantitative estimate of drug-likeness (QED) is 0.923. The van der Waals surface area contributed by atoms with Gasteiger partial charge in [-0.2, -0.15) is 0 Å². The Labute approximate surface area is 122 Å². The average Bonchev–Trinajstić information content (AvgIpc) is 2.32. The van der Waals surface area contributed by atoms with Crippen LogP contribution in [0.3, 0.4) is 0 Å². The van der Waals surface area contributed by atoms with Crippen molar-refractivity contribution in [3.8, 4) is 11.5 Å². The molecule has 5 heteroatoms. The molecule has 0 bridgehead atoms. The minimum absolute atomic E-state index is 0.0492. The van der Waals surface area contributed by atoms with Gasteiger partial charge in [-0.25, -0.2) is 4.79 Å². The fourth-order valence-electron chi connectivity index (χ4n) is 1.94. The van der Waals surface area contributed by atoms with Crippen molar-refractivity contribution in [2.75, 3.05) is 0 Å². The minimum atomic E-state index is -1.08. The number of rotatable bonds is 3. The molecule has 0 atom stereocenters. The van der Waals surface area contributed by atoms with Gasteiger partial charge in [0.1, 0.15) is 17.1 Å². The number of carboxylic acids is 1. The summed E-state index contributed by atoms with van der Waals surface area (Å²) in [6.07, 6.45) is 0. The molecule has 0 saturated carbocycles. The van der Waals surface area contributed by atoms with Crippen LogP contribution >= 0.6 is 11.6 Å². The molecule has 0 spiro atoms. The lowest BCUT2D eigenvalue weighted by atomic mass is 10.1. The number of benzene rings is 1. The van der Waals surface area contributed by atoms with Crippen molar-refractivity contribution in [2.24, 2.45) is 0 Å². The van der Waals surface area contributed by atoms with Crippen LogP contribution in [0.5, 0.6) is 11.5 Å². The van der Waals surface area contributed by atoms with Crippen molar-refractivity contribution < 1.29 is 14.6 Å². The number of pyridine rings is 1. The van der Waals surface area contributed by atoms with Crippen LogP contribution in [0.15, 0.2) is 24.3 Å². The Hall–Kier alpha value is -2.07. The number of aryl methyl sites for hydroxylation is 3. The summed E-state index contributed by atoms with van der Waals surface area (Å²) in [6.45, 7) is 5.33. The van der Waals surface area contributed by atoms with Gasteiger partial charge in [-0.05, 0) is 38.5 Å². The Bertz CT molecular complexity index is 683. The zero-order valence-corrected chi connectivity index (χ0v) is 12.2. The third-order valence-corrected chi connectivity index (χ3v) is 3.12. The van der Waals surface area contributed by atoms with Crippen LogP contribution in [0.25, 0.3) is 0 Å². The van der Waals surface area contributed by atoms with E-state index in [1.165, 1.54) is 0 Å². The summed E-state index contributed by atoms with van der Waals surface area (Å²) < 4.78 is 5.69. The van der Waals surface area contributed by atoms with Crippen LogP contribution in [0, 0.1) is 20.8 Å². The second kappa shape index (κ2) is 5.51. The Morgan fingerprint density at radius 2 is 1.90 bits per heavy atom. The number of aromatic nitrogens is 1. The smallest absolute Gasteiger partial charge is 0.341 e. The maximum atomic E-state index is 11.3. The van der Waals surface area contributed by atoms with Crippen molar-refractivity contribution in [2.45, 2.75) is 20.8 Å². The molecule has 1 heterocycles. The van der Waals surface area contributed by atoms with E-state index in [1.807, 2.05) is 13.0 Å². The first-order valence-electron chi connectivity index (χ1n) is 6.04. The van der Waals surface area contributed by atoms with Crippen LogP contribution in [0.1, 0.15) is 27.3 Å². The summed E-state index contributed by atoms with van der Waals surface area (Å²) in [5.74, 6) is -0.400. The first kappa shape index (κ1) is 14.3. The summed E-state index contributed by atoms with van der Waals surface area (Å²) in [4.78, 5) is 15.5. The Morgan fingerprint density at radius 1 is 1.20 bits per heavy atom. The first-order valence-corrected chi connectivity index (χ1v) is 6.42. The van der Waals surface area contributed by atoms with Crippen molar-refractivity contribution in [3.63, 3.8) is 0 Å². The lowest BCUT2D eigenvalue weighted by Gasteiger charge is -2.13. The van der Waals surface area contributed by atoms with Crippen LogP contribution in [0.4, 0.5) is 0 Å². The van der Waals surface area contributed by atoms with E-state index in [0.29, 0.717) is 22.2 Å². The predicted octanol–water partition coefficient (Wildman–Crippen LogP) is 4.15. The Kier molecular flexibility index (Phi) is 3.95. The van der Waals surface area contributed by atoms with Crippen molar-refractivity contribution in [1.82, 2.24) is 4.98 Å². The highest BCUT2D eigenvalue weighted by atomic mass is 35.5. The SMILES string of the molecule is Cc1ccc(Cl)c(Oc2cc(C)nc(C)c2C(=O)O)c1. The maximum Gasteiger partial charge on any atom is 0.341 e. The number of hydrogen-bond acceptors (Lipinski definition) is 3. The number of nitrogens with zero attached hydrogens (tertiary/aromatic N) is 1. The van der Waals surface area contributed by atoms with Crippen LogP contribution in [0.2, 0.25) is 5.02 Å². The van der Waals surface area contributed by atoms with Crippen molar-refractivity contribution >= 4 is 17.6 Å². The fraction of sp³-hybridized carbons (Fsp3) is 0.200. The summed E-state index contributed by atoms with van der Waals surface area (Å²) in [5.41, 5.74) is 2.12. The van der Waals surface area contributed by atoms with E-state index in [0.717, 1.165) is 5.56 Å². The second-order valence-corrected chi connectivity index (χ2v) is 4.97. The topological polar surface area (TPSA) is 59.4 Å². The molecule has 0 aliphatic rings. The average molecular weight is 292 g/mol. The van der Waals surface area contributed by atoms with Gasteiger partial charge in [0, 0.05) is 11.8 Å². The van der Waals surface area contributed by atoms with Crippen LogP contribution in [-0.2, 0) is 0 Å². The highest BCUT2D eigenvalue weighted by molar-refractivity contribution is 6.32. The molecule has 0 aliphatic carbocycles. The van der Waals surface area contributed by atoms with Gasteiger partial charge in [0.2, 0.25) is 0 Å². The molecule has 0 amide bonds. The molecule has 4 nitrogen and oxygen atoms in total. The molecule has 2 aromatic rings. The molecule has 104 valence electrons. The van der Waals surface area contributed by atoms with Gasteiger partial charge in [-0.15, -0.1) is 0 Å². The van der Waals surface area contributed by atoms with Crippen molar-refractivity contribution in [1.29, 1.82) is 0 Å². The molecule has 0 fully saturated rings. The Morgan fingerprint density at radius 3 is 2.55 bits per heavy atom. The number of carbonyl (C=O) groups is 1. The zero-order valence-electron chi connectivity index (χ0n) is 11.4. The minimum Gasteiger partial charge on any atom is -0.477 e. The predicted molar refractivity (Wildman–Crippen MR) is 76.9 cm³/mol. The highest BCUT2D eigenvalue weighted by Gasteiger charge is 2.18. The fourth-order valence-corrected chi connectivity index (χ4v) is 2.10. The summed E-state index contributed by atoms with van der Waals surface area (Å²) in [5, 5.41) is 9.72. The highest BCUT2D eigenvalue weighted by Crippen LogP contribution is 2.33. The molecular weight excluding hydrogens is 278 g/mol. The van der Waals surface area contributed by atoms with E-state index in [9.17, 15) is 9.90 Å². The standard InChI is InChI=1S/C15H14ClNO3/c1-8-4-5-11(16)12(6-8)20-13-7-9(2)17-10(3)14(13)15(18)19/h4-7H,1-3H3,(H,18,19).